The van der Waals surface area contributed by atoms with Gasteiger partial charge in [0.15, 0.2) is 0 Å². The third kappa shape index (κ3) is 6.02. The third-order valence-corrected chi connectivity index (χ3v) is 4.79. The Labute approximate surface area is 170 Å². The highest BCUT2D eigenvalue weighted by Gasteiger charge is 2.33. The molecule has 0 aliphatic heterocycles. The normalized spacial score (nSPS) is 15.0. The van der Waals surface area contributed by atoms with E-state index in [1.165, 1.54) is 43.9 Å². The second kappa shape index (κ2) is 11.2. The number of aliphatic hydroxyl groups is 1. The van der Waals surface area contributed by atoms with Crippen LogP contribution in [0.15, 0.2) is 41.9 Å². The second-order valence-electron chi connectivity index (χ2n) is 7.00. The van der Waals surface area contributed by atoms with Gasteiger partial charge in [-0.05, 0) is 37.1 Å². The van der Waals surface area contributed by atoms with Crippen LogP contribution in [0.3, 0.4) is 0 Å². The molecule has 1 aromatic carbocycles. The number of amides is 1. The minimum absolute atomic E-state index is 0.130. The number of ketones is 2. The van der Waals surface area contributed by atoms with E-state index in [4.69, 9.17) is 10.4 Å². The Kier molecular flexibility index (Phi) is 8.61. The van der Waals surface area contributed by atoms with Gasteiger partial charge in [0.25, 0.3) is 0 Å². The number of hydrogen-bond donors (Lipinski definition) is 3. The standard InChI is InChI=1S/C22H27NO6/c1-2-3-4-5-6-7-8-9-16(29-28)13-20(25)23-15-10-11-17-18(12-15)22(27)19(14-24)21(17)26/h9-12,14,24,28H,2-8,13H2,1H3,(H,23,25)/b16-9-,19-14-. The van der Waals surface area contributed by atoms with E-state index in [1.54, 1.807) is 6.08 Å². The van der Waals surface area contributed by atoms with Crippen molar-refractivity contribution in [1.29, 1.82) is 0 Å². The Hall–Kier alpha value is -2.93. The molecule has 0 saturated heterocycles. The van der Waals surface area contributed by atoms with E-state index >= 15 is 0 Å². The molecule has 0 aromatic heterocycles. The van der Waals surface area contributed by atoms with Crippen LogP contribution in [0, 0.1) is 0 Å². The molecule has 0 fully saturated rings. The summed E-state index contributed by atoms with van der Waals surface area (Å²) in [7, 11) is 0. The fourth-order valence-corrected chi connectivity index (χ4v) is 3.21. The van der Waals surface area contributed by atoms with Crippen LogP contribution < -0.4 is 5.32 Å². The zero-order chi connectivity index (χ0) is 21.2. The Morgan fingerprint density at radius 1 is 1.07 bits per heavy atom. The zero-order valence-corrected chi connectivity index (χ0v) is 16.6. The molecule has 0 unspecified atom stereocenters. The number of aliphatic hydroxyl groups excluding tert-OH is 1. The number of hydrogen-bond acceptors (Lipinski definition) is 6. The van der Waals surface area contributed by atoms with Crippen LogP contribution in [0.25, 0.3) is 0 Å². The number of carbonyl (C=O) groups is 3. The van der Waals surface area contributed by atoms with E-state index in [0.29, 0.717) is 18.4 Å². The lowest BCUT2D eigenvalue weighted by atomic mass is 10.1. The van der Waals surface area contributed by atoms with Crippen LogP contribution in [0.4, 0.5) is 5.69 Å². The van der Waals surface area contributed by atoms with Crippen LogP contribution in [0.1, 0.15) is 79.0 Å². The molecule has 29 heavy (non-hydrogen) atoms. The maximum atomic E-state index is 12.2. The number of Topliss-reactive ketones (excluding diaryl/α,β-unsaturated/α-hetero) is 2. The molecule has 1 aliphatic carbocycles. The SMILES string of the molecule is CCCCCCCC/C=C(/CC(=O)Nc1ccc2c(c1)C(=O)/C(=C\O)C2=O)OO. The summed E-state index contributed by atoms with van der Waals surface area (Å²) in [6, 6.07) is 4.32. The highest BCUT2D eigenvalue weighted by atomic mass is 17.1. The van der Waals surface area contributed by atoms with Gasteiger partial charge >= 0.3 is 0 Å². The number of rotatable bonds is 11. The number of carbonyl (C=O) groups excluding carboxylic acids is 3. The lowest BCUT2D eigenvalue weighted by Gasteiger charge is -2.08. The Balaban J connectivity index is 1.88. The molecule has 0 bridgehead atoms. The van der Waals surface area contributed by atoms with Gasteiger partial charge in [-0.3, -0.25) is 14.4 Å². The second-order valence-corrected chi connectivity index (χ2v) is 7.00. The van der Waals surface area contributed by atoms with E-state index in [0.717, 1.165) is 12.8 Å². The summed E-state index contributed by atoms with van der Waals surface area (Å²) in [6.45, 7) is 2.17. The number of unbranched alkanes of at least 4 members (excludes halogenated alkanes) is 6. The number of allylic oxidation sites excluding steroid dienone is 2. The van der Waals surface area contributed by atoms with Crippen molar-refractivity contribution in [1.82, 2.24) is 0 Å². The highest BCUT2D eigenvalue weighted by Crippen LogP contribution is 2.28. The van der Waals surface area contributed by atoms with Gasteiger partial charge in [-0.25, -0.2) is 5.26 Å². The average molecular weight is 401 g/mol. The van der Waals surface area contributed by atoms with Crippen molar-refractivity contribution in [2.75, 3.05) is 5.32 Å². The third-order valence-electron chi connectivity index (χ3n) is 4.79. The van der Waals surface area contributed by atoms with Gasteiger partial charge in [-0.2, -0.15) is 0 Å². The quantitative estimate of drug-likeness (QED) is 0.121. The summed E-state index contributed by atoms with van der Waals surface area (Å²) in [4.78, 5) is 40.6. The van der Waals surface area contributed by atoms with Gasteiger partial charge in [0, 0.05) is 16.8 Å². The van der Waals surface area contributed by atoms with Gasteiger partial charge in [0.1, 0.15) is 11.3 Å². The fourth-order valence-electron chi connectivity index (χ4n) is 3.21. The van der Waals surface area contributed by atoms with Crippen LogP contribution in [-0.2, 0) is 9.68 Å². The predicted octanol–water partition coefficient (Wildman–Crippen LogP) is 4.96. The van der Waals surface area contributed by atoms with Crippen LogP contribution in [0.5, 0.6) is 0 Å². The maximum Gasteiger partial charge on any atom is 0.232 e. The smallest absolute Gasteiger partial charge is 0.232 e. The fraction of sp³-hybridized carbons (Fsp3) is 0.409. The zero-order valence-electron chi connectivity index (χ0n) is 16.6. The molecule has 156 valence electrons. The van der Waals surface area contributed by atoms with E-state index in [1.807, 2.05) is 0 Å². The monoisotopic (exact) mass is 401 g/mol. The molecular formula is C22H27NO6. The summed E-state index contributed by atoms with van der Waals surface area (Å²) >= 11 is 0. The summed E-state index contributed by atoms with van der Waals surface area (Å²) in [5, 5.41) is 20.7. The number of anilines is 1. The minimum atomic E-state index is -0.582. The molecule has 7 heteroatoms. The predicted molar refractivity (Wildman–Crippen MR) is 109 cm³/mol. The van der Waals surface area contributed by atoms with Crippen molar-refractivity contribution >= 4 is 23.2 Å². The van der Waals surface area contributed by atoms with Crippen molar-refractivity contribution in [3.05, 3.63) is 53.0 Å². The molecule has 1 amide bonds. The van der Waals surface area contributed by atoms with E-state index in [-0.39, 0.29) is 28.9 Å². The number of fused-ring (bicyclic) bond motifs is 1. The first-order valence-electron chi connectivity index (χ1n) is 9.90. The van der Waals surface area contributed by atoms with Crippen molar-refractivity contribution < 1.29 is 29.6 Å². The molecule has 0 saturated carbocycles. The molecule has 3 N–H and O–H groups in total. The van der Waals surface area contributed by atoms with Crippen LogP contribution in [0.2, 0.25) is 0 Å². The van der Waals surface area contributed by atoms with E-state index in [9.17, 15) is 14.4 Å². The topological polar surface area (TPSA) is 113 Å². The van der Waals surface area contributed by atoms with Gasteiger partial charge in [0.2, 0.25) is 17.5 Å². The molecule has 0 atom stereocenters. The van der Waals surface area contributed by atoms with Crippen LogP contribution >= 0.6 is 0 Å². The highest BCUT2D eigenvalue weighted by molar-refractivity contribution is 6.39. The molecule has 0 spiro atoms. The summed E-state index contributed by atoms with van der Waals surface area (Å²) in [5.41, 5.74) is 0.358. The molecule has 0 heterocycles. The Morgan fingerprint density at radius 3 is 2.45 bits per heavy atom. The van der Waals surface area contributed by atoms with Gasteiger partial charge in [0.05, 0.1) is 12.7 Å². The van der Waals surface area contributed by atoms with Crippen molar-refractivity contribution in [3.8, 4) is 0 Å². The van der Waals surface area contributed by atoms with Crippen molar-refractivity contribution in [2.24, 2.45) is 0 Å². The summed E-state index contributed by atoms with van der Waals surface area (Å²) in [6.07, 6.45) is 9.63. The maximum absolute atomic E-state index is 12.2. The molecule has 7 nitrogen and oxygen atoms in total. The first-order chi connectivity index (χ1) is 14.0. The summed E-state index contributed by atoms with van der Waals surface area (Å²) in [5.74, 6) is -1.39. The largest absolute Gasteiger partial charge is 0.515 e. The molecule has 1 aromatic rings. The lowest BCUT2D eigenvalue weighted by Crippen LogP contribution is -2.13. The van der Waals surface area contributed by atoms with Gasteiger partial charge in [-0.1, -0.05) is 39.0 Å². The van der Waals surface area contributed by atoms with Gasteiger partial charge < -0.3 is 15.3 Å². The first kappa shape index (κ1) is 22.4. The first-order valence-corrected chi connectivity index (χ1v) is 9.90. The van der Waals surface area contributed by atoms with E-state index < -0.39 is 17.5 Å². The summed E-state index contributed by atoms with van der Waals surface area (Å²) < 4.78 is 0. The molecule has 1 aliphatic rings. The van der Waals surface area contributed by atoms with Crippen LogP contribution in [-0.4, -0.2) is 27.8 Å². The Morgan fingerprint density at radius 2 is 1.76 bits per heavy atom. The number of benzene rings is 1. The van der Waals surface area contributed by atoms with E-state index in [2.05, 4.69) is 17.1 Å². The molecular weight excluding hydrogens is 374 g/mol. The van der Waals surface area contributed by atoms with Crippen molar-refractivity contribution in [3.63, 3.8) is 0 Å². The Bertz CT molecular complexity index is 825. The number of nitrogens with one attached hydrogen (secondary N) is 1. The minimum Gasteiger partial charge on any atom is -0.515 e. The van der Waals surface area contributed by atoms with Crippen molar-refractivity contribution in [2.45, 2.75) is 58.3 Å². The molecule has 2 rings (SSSR count). The van der Waals surface area contributed by atoms with Gasteiger partial charge in [-0.15, -0.1) is 0 Å². The average Bonchev–Trinajstić information content (AvgIpc) is 2.95. The lowest BCUT2D eigenvalue weighted by molar-refractivity contribution is -0.205. The molecule has 0 radical (unpaired) electrons.